The molecule has 0 aromatic rings. The molecule has 0 heterocycles. The number of ether oxygens (including phenoxy) is 1. The first-order chi connectivity index (χ1) is 32.5. The lowest BCUT2D eigenvalue weighted by Crippen LogP contribution is -2.46. The summed E-state index contributed by atoms with van der Waals surface area (Å²) in [5.74, 6) is -0.505. The lowest BCUT2D eigenvalue weighted by molar-refractivity contribution is -0.151. The van der Waals surface area contributed by atoms with Crippen LogP contribution in [0.25, 0.3) is 0 Å². The van der Waals surface area contributed by atoms with Crippen LogP contribution >= 0.6 is 0 Å². The Balaban J connectivity index is 4.57. The summed E-state index contributed by atoms with van der Waals surface area (Å²) in [6, 6.07) is -0.712. The highest BCUT2D eigenvalue weighted by Crippen LogP contribution is 2.18. The number of amides is 1. The molecule has 3 unspecified atom stereocenters. The minimum absolute atomic E-state index is 0.0592. The van der Waals surface area contributed by atoms with Gasteiger partial charge in [-0.2, -0.15) is 0 Å². The molecule has 0 aliphatic rings. The summed E-state index contributed by atoms with van der Waals surface area (Å²) in [6.07, 6.45) is 66.1. The third-order valence-corrected chi connectivity index (χ3v) is 13.1. The number of unbranched alkanes of at least 4 members (excludes halogenated alkanes) is 32. The minimum atomic E-state index is -0.796. The van der Waals surface area contributed by atoms with E-state index < -0.39 is 18.2 Å². The molecule has 66 heavy (non-hydrogen) atoms. The highest BCUT2D eigenvalue weighted by Gasteiger charge is 2.24. The smallest absolute Gasteiger partial charge is 0.306 e. The van der Waals surface area contributed by atoms with Crippen molar-refractivity contribution in [2.24, 2.45) is 0 Å². The van der Waals surface area contributed by atoms with Gasteiger partial charge < -0.3 is 20.3 Å². The van der Waals surface area contributed by atoms with Crippen molar-refractivity contribution in [2.75, 3.05) is 6.61 Å². The van der Waals surface area contributed by atoms with Crippen molar-refractivity contribution in [2.45, 2.75) is 315 Å². The van der Waals surface area contributed by atoms with E-state index >= 15 is 0 Å². The topological polar surface area (TPSA) is 95.9 Å². The Labute approximate surface area is 410 Å². The van der Waals surface area contributed by atoms with Crippen molar-refractivity contribution in [1.29, 1.82) is 0 Å². The number of rotatable bonds is 52. The molecule has 6 heteroatoms. The molecule has 0 fully saturated rings. The van der Waals surface area contributed by atoms with Crippen molar-refractivity contribution < 1.29 is 24.5 Å². The average Bonchev–Trinajstić information content (AvgIpc) is 3.31. The van der Waals surface area contributed by atoms with E-state index in [9.17, 15) is 19.8 Å². The third kappa shape index (κ3) is 48.3. The second kappa shape index (κ2) is 53.8. The first-order valence-corrected chi connectivity index (χ1v) is 28.9. The SMILES string of the molecule is CC/C=C/C/C=C/C/C=C/CCCCCCC(=O)OC(CCCCC/C=C/CCCCCCCCCCC)CC(=O)NC(CO)C(O)CCCCCCCCCCCCCCCCCCC. The predicted molar refractivity (Wildman–Crippen MR) is 287 cm³/mol. The Bertz CT molecular complexity index is 1130. The van der Waals surface area contributed by atoms with Gasteiger partial charge in [-0.05, 0) is 83.5 Å². The van der Waals surface area contributed by atoms with Crippen LogP contribution in [0.3, 0.4) is 0 Å². The fourth-order valence-electron chi connectivity index (χ4n) is 8.79. The van der Waals surface area contributed by atoms with Crippen LogP contribution in [0, 0.1) is 0 Å². The van der Waals surface area contributed by atoms with Crippen LogP contribution in [0.1, 0.15) is 297 Å². The van der Waals surface area contributed by atoms with Gasteiger partial charge in [0.25, 0.3) is 0 Å². The van der Waals surface area contributed by atoms with Crippen molar-refractivity contribution >= 4 is 11.9 Å². The Hall–Kier alpha value is -2.18. The molecule has 6 nitrogen and oxygen atoms in total. The normalized spacial score (nSPS) is 13.5. The second-order valence-electron chi connectivity index (χ2n) is 19.7. The van der Waals surface area contributed by atoms with E-state index in [-0.39, 0.29) is 24.9 Å². The van der Waals surface area contributed by atoms with Crippen LogP contribution < -0.4 is 5.32 Å². The number of nitrogens with one attached hydrogen (secondary N) is 1. The predicted octanol–water partition coefficient (Wildman–Crippen LogP) is 17.8. The summed E-state index contributed by atoms with van der Waals surface area (Å²) in [4.78, 5) is 26.2. The zero-order valence-electron chi connectivity index (χ0n) is 44.1. The van der Waals surface area contributed by atoms with E-state index in [0.29, 0.717) is 19.3 Å². The molecule has 3 N–H and O–H groups in total. The monoisotopic (exact) mass is 926 g/mol. The Morgan fingerprint density at radius 2 is 0.818 bits per heavy atom. The van der Waals surface area contributed by atoms with E-state index in [1.807, 2.05) is 0 Å². The molecule has 0 saturated carbocycles. The van der Waals surface area contributed by atoms with Crippen molar-refractivity contribution in [1.82, 2.24) is 5.32 Å². The van der Waals surface area contributed by atoms with Gasteiger partial charge in [-0.15, -0.1) is 0 Å². The molecule has 3 atom stereocenters. The number of carbonyl (C=O) groups is 2. The lowest BCUT2D eigenvalue weighted by atomic mass is 10.0. The van der Waals surface area contributed by atoms with Crippen molar-refractivity contribution in [3.05, 3.63) is 48.6 Å². The van der Waals surface area contributed by atoms with Crippen LogP contribution in [-0.2, 0) is 14.3 Å². The van der Waals surface area contributed by atoms with Crippen LogP contribution in [0.5, 0.6) is 0 Å². The second-order valence-corrected chi connectivity index (χ2v) is 19.7. The molecule has 1 amide bonds. The zero-order valence-corrected chi connectivity index (χ0v) is 44.1. The van der Waals surface area contributed by atoms with E-state index in [1.54, 1.807) is 0 Å². The third-order valence-electron chi connectivity index (χ3n) is 13.1. The van der Waals surface area contributed by atoms with Gasteiger partial charge in [0, 0.05) is 6.42 Å². The van der Waals surface area contributed by atoms with Crippen molar-refractivity contribution in [3.8, 4) is 0 Å². The minimum Gasteiger partial charge on any atom is -0.462 e. The number of hydrogen-bond donors (Lipinski definition) is 3. The summed E-state index contributed by atoms with van der Waals surface area (Å²) < 4.78 is 5.94. The van der Waals surface area contributed by atoms with Crippen LogP contribution in [0.4, 0.5) is 0 Å². The first-order valence-electron chi connectivity index (χ1n) is 28.9. The van der Waals surface area contributed by atoms with E-state index in [4.69, 9.17) is 4.74 Å². The maximum atomic E-state index is 13.3. The molecular formula is C60H111NO5. The van der Waals surface area contributed by atoms with Gasteiger partial charge in [0.15, 0.2) is 0 Å². The van der Waals surface area contributed by atoms with Gasteiger partial charge in [0.05, 0.1) is 25.2 Å². The molecule has 0 bridgehead atoms. The van der Waals surface area contributed by atoms with E-state index in [0.717, 1.165) is 96.3 Å². The number of aliphatic hydroxyl groups is 2. The summed E-state index contributed by atoms with van der Waals surface area (Å²) in [5, 5.41) is 23.9. The number of aliphatic hydroxyl groups excluding tert-OH is 2. The van der Waals surface area contributed by atoms with E-state index in [2.05, 4.69) is 74.7 Å². The van der Waals surface area contributed by atoms with Crippen LogP contribution in [-0.4, -0.2) is 46.9 Å². The fraction of sp³-hybridized carbons (Fsp3) is 0.833. The van der Waals surface area contributed by atoms with Gasteiger partial charge >= 0.3 is 5.97 Å². The summed E-state index contributed by atoms with van der Waals surface area (Å²) >= 11 is 0. The lowest BCUT2D eigenvalue weighted by Gasteiger charge is -2.24. The average molecular weight is 927 g/mol. The molecule has 0 aromatic carbocycles. The summed E-state index contributed by atoms with van der Waals surface area (Å²) in [7, 11) is 0. The zero-order chi connectivity index (χ0) is 48.1. The van der Waals surface area contributed by atoms with Gasteiger partial charge in [0.2, 0.25) is 5.91 Å². The Morgan fingerprint density at radius 3 is 1.27 bits per heavy atom. The first kappa shape index (κ1) is 63.8. The van der Waals surface area contributed by atoms with Crippen molar-refractivity contribution in [3.63, 3.8) is 0 Å². The quantitative estimate of drug-likeness (QED) is 0.0321. The Kier molecular flexibility index (Phi) is 52.0. The maximum absolute atomic E-state index is 13.3. The van der Waals surface area contributed by atoms with Crippen LogP contribution in [0.2, 0.25) is 0 Å². The molecular weight excluding hydrogens is 815 g/mol. The van der Waals surface area contributed by atoms with Crippen LogP contribution in [0.15, 0.2) is 48.6 Å². The van der Waals surface area contributed by atoms with Gasteiger partial charge in [-0.1, -0.05) is 249 Å². The standard InChI is InChI=1S/C60H111NO5/c1-4-7-10-13-16-19-22-25-28-30-32-34-37-40-43-46-49-52-58(63)57(55-62)61-59(64)54-56(51-48-45-42-39-36-33-31-29-26-23-20-17-14-11-8-5-2)66-60(65)53-50-47-44-41-38-35-27-24-21-18-15-12-9-6-3/h9,12,18,21,27,33,35-36,56-58,62-63H,4-8,10-11,13-17,19-20,22-26,28-32,34,37-55H2,1-3H3,(H,61,64)/b12-9+,21-18+,35-27+,36-33+. The maximum Gasteiger partial charge on any atom is 0.306 e. The largest absolute Gasteiger partial charge is 0.462 e. The summed E-state index contributed by atoms with van der Waals surface area (Å²) in [5.41, 5.74) is 0. The molecule has 0 rings (SSSR count). The molecule has 0 saturated heterocycles. The highest BCUT2D eigenvalue weighted by atomic mass is 16.5. The molecule has 0 aliphatic heterocycles. The fourth-order valence-corrected chi connectivity index (χ4v) is 8.79. The van der Waals surface area contributed by atoms with Gasteiger partial charge in [0.1, 0.15) is 6.10 Å². The van der Waals surface area contributed by atoms with E-state index in [1.165, 1.54) is 154 Å². The highest BCUT2D eigenvalue weighted by molar-refractivity contribution is 5.77. The number of allylic oxidation sites excluding steroid dienone is 8. The molecule has 0 spiro atoms. The molecule has 0 aliphatic carbocycles. The van der Waals surface area contributed by atoms with Gasteiger partial charge in [-0.3, -0.25) is 9.59 Å². The number of esters is 1. The summed E-state index contributed by atoms with van der Waals surface area (Å²) in [6.45, 7) is 6.39. The number of hydrogen-bond acceptors (Lipinski definition) is 5. The molecule has 386 valence electrons. The molecule has 0 radical (unpaired) electrons. The van der Waals surface area contributed by atoms with Gasteiger partial charge in [-0.25, -0.2) is 0 Å². The Morgan fingerprint density at radius 1 is 0.455 bits per heavy atom. The number of carbonyl (C=O) groups excluding carboxylic acids is 2. The molecule has 0 aromatic heterocycles.